The number of nitrogens with one attached hydrogen (secondary N) is 1. The van der Waals surface area contributed by atoms with Gasteiger partial charge in [-0.25, -0.2) is 4.39 Å². The highest BCUT2D eigenvalue weighted by molar-refractivity contribution is 5.93. The molecule has 1 amide bonds. The minimum Gasteiger partial charge on any atom is -0.394 e. The van der Waals surface area contributed by atoms with Gasteiger partial charge >= 0.3 is 0 Å². The zero-order valence-electron chi connectivity index (χ0n) is 11.3. The first kappa shape index (κ1) is 14.2. The Hall–Kier alpha value is -2.21. The molecule has 0 radical (unpaired) electrons. The Bertz CT molecular complexity index is 607. The molecule has 5 nitrogen and oxygen atoms in total. The van der Waals surface area contributed by atoms with Gasteiger partial charge < -0.3 is 10.4 Å². The number of hydrogen-bond acceptors (Lipinski definition) is 3. The maximum atomic E-state index is 12.9. The van der Waals surface area contributed by atoms with Gasteiger partial charge in [0.15, 0.2) is 5.69 Å². The Morgan fingerprint density at radius 1 is 1.45 bits per heavy atom. The van der Waals surface area contributed by atoms with Crippen LogP contribution in [0.25, 0.3) is 11.3 Å². The fourth-order valence-corrected chi connectivity index (χ4v) is 1.81. The summed E-state index contributed by atoms with van der Waals surface area (Å²) in [6.45, 7) is 1.56. The molecule has 0 saturated heterocycles. The average Bonchev–Trinajstić information content (AvgIpc) is 2.81. The van der Waals surface area contributed by atoms with Crippen molar-refractivity contribution < 1.29 is 14.3 Å². The SMILES string of the molecule is C[C@@H](CO)NC(=O)c1cc(-c2ccc(F)cc2)n(C)n1. The van der Waals surface area contributed by atoms with E-state index < -0.39 is 0 Å². The summed E-state index contributed by atoms with van der Waals surface area (Å²) in [5.74, 6) is -0.666. The molecule has 1 atom stereocenters. The van der Waals surface area contributed by atoms with Gasteiger partial charge in [0.2, 0.25) is 0 Å². The van der Waals surface area contributed by atoms with E-state index in [9.17, 15) is 9.18 Å². The normalized spacial score (nSPS) is 12.2. The lowest BCUT2D eigenvalue weighted by Crippen LogP contribution is -2.35. The molecule has 2 N–H and O–H groups in total. The van der Waals surface area contributed by atoms with Crippen LogP contribution >= 0.6 is 0 Å². The van der Waals surface area contributed by atoms with Gasteiger partial charge in [0, 0.05) is 13.1 Å². The molecule has 6 heteroatoms. The minimum atomic E-state index is -0.351. The standard InChI is InChI=1S/C14H16FN3O2/c1-9(8-19)16-14(20)12-7-13(18(2)17-12)10-3-5-11(15)6-4-10/h3-7,9,19H,8H2,1-2H3,(H,16,20)/t9-/m0/s1. The molecule has 0 aliphatic carbocycles. The third-order valence-electron chi connectivity index (χ3n) is 2.90. The van der Waals surface area contributed by atoms with E-state index in [0.717, 1.165) is 5.56 Å². The molecule has 106 valence electrons. The van der Waals surface area contributed by atoms with Crippen LogP contribution in [-0.4, -0.2) is 33.4 Å². The van der Waals surface area contributed by atoms with Crippen LogP contribution in [0, 0.1) is 5.82 Å². The Kier molecular flexibility index (Phi) is 4.14. The van der Waals surface area contributed by atoms with Crippen LogP contribution in [0.3, 0.4) is 0 Å². The molecule has 2 rings (SSSR count). The van der Waals surface area contributed by atoms with Crippen molar-refractivity contribution in [1.82, 2.24) is 15.1 Å². The summed E-state index contributed by atoms with van der Waals surface area (Å²) >= 11 is 0. The molecule has 0 fully saturated rings. The number of aromatic nitrogens is 2. The Morgan fingerprint density at radius 2 is 2.10 bits per heavy atom. The Labute approximate surface area is 116 Å². The summed E-state index contributed by atoms with van der Waals surface area (Å²) in [5.41, 5.74) is 1.74. The summed E-state index contributed by atoms with van der Waals surface area (Å²) in [7, 11) is 1.71. The second-order valence-corrected chi connectivity index (χ2v) is 4.60. The van der Waals surface area contributed by atoms with Gasteiger partial charge in [0.25, 0.3) is 5.91 Å². The molecule has 0 saturated carbocycles. The lowest BCUT2D eigenvalue weighted by molar-refractivity contribution is 0.0916. The van der Waals surface area contributed by atoms with Crippen LogP contribution in [0.1, 0.15) is 17.4 Å². The molecular formula is C14H16FN3O2. The molecule has 0 bridgehead atoms. The van der Waals surface area contributed by atoms with E-state index in [4.69, 9.17) is 5.11 Å². The van der Waals surface area contributed by atoms with Crippen molar-refractivity contribution in [2.45, 2.75) is 13.0 Å². The summed E-state index contributed by atoms with van der Waals surface area (Å²) in [5, 5.41) is 15.7. The number of hydrogen-bond donors (Lipinski definition) is 2. The molecule has 1 aromatic heterocycles. The van der Waals surface area contributed by atoms with Gasteiger partial charge in [-0.1, -0.05) is 0 Å². The number of aryl methyl sites for hydroxylation is 1. The highest BCUT2D eigenvalue weighted by Gasteiger charge is 2.15. The largest absolute Gasteiger partial charge is 0.394 e. The Morgan fingerprint density at radius 3 is 2.70 bits per heavy atom. The quantitative estimate of drug-likeness (QED) is 0.886. The minimum absolute atomic E-state index is 0.136. The molecule has 0 aliphatic rings. The van der Waals surface area contributed by atoms with Crippen molar-refractivity contribution in [2.75, 3.05) is 6.61 Å². The smallest absolute Gasteiger partial charge is 0.272 e. The van der Waals surface area contributed by atoms with Crippen LogP contribution in [0.5, 0.6) is 0 Å². The second-order valence-electron chi connectivity index (χ2n) is 4.60. The maximum Gasteiger partial charge on any atom is 0.272 e. The molecule has 20 heavy (non-hydrogen) atoms. The summed E-state index contributed by atoms with van der Waals surface area (Å²) in [6.07, 6.45) is 0. The molecule has 1 heterocycles. The third kappa shape index (κ3) is 3.03. The van der Waals surface area contributed by atoms with E-state index in [2.05, 4.69) is 10.4 Å². The monoisotopic (exact) mass is 277 g/mol. The number of nitrogens with zero attached hydrogens (tertiary/aromatic N) is 2. The van der Waals surface area contributed by atoms with Gasteiger partial charge in [-0.05, 0) is 42.8 Å². The fraction of sp³-hybridized carbons (Fsp3) is 0.286. The summed E-state index contributed by atoms with van der Waals surface area (Å²) < 4.78 is 14.5. The van der Waals surface area contributed by atoms with Crippen molar-refractivity contribution in [3.8, 4) is 11.3 Å². The first-order chi connectivity index (χ1) is 9.51. The number of rotatable bonds is 4. The van der Waals surface area contributed by atoms with E-state index in [1.54, 1.807) is 36.9 Å². The zero-order valence-corrected chi connectivity index (χ0v) is 11.3. The molecule has 0 aliphatic heterocycles. The van der Waals surface area contributed by atoms with Gasteiger partial charge in [0.1, 0.15) is 5.82 Å². The van der Waals surface area contributed by atoms with Gasteiger partial charge in [0.05, 0.1) is 12.3 Å². The number of carbonyl (C=O) groups excluding carboxylic acids is 1. The predicted molar refractivity (Wildman–Crippen MR) is 72.6 cm³/mol. The van der Waals surface area contributed by atoms with E-state index in [0.29, 0.717) is 5.69 Å². The van der Waals surface area contributed by atoms with Crippen molar-refractivity contribution in [1.29, 1.82) is 0 Å². The van der Waals surface area contributed by atoms with Crippen LogP contribution in [0.2, 0.25) is 0 Å². The maximum absolute atomic E-state index is 12.9. The summed E-state index contributed by atoms with van der Waals surface area (Å²) in [6, 6.07) is 7.27. The average molecular weight is 277 g/mol. The zero-order chi connectivity index (χ0) is 14.7. The third-order valence-corrected chi connectivity index (χ3v) is 2.90. The lowest BCUT2D eigenvalue weighted by atomic mass is 10.1. The van der Waals surface area contributed by atoms with Crippen LogP contribution < -0.4 is 5.32 Å². The lowest BCUT2D eigenvalue weighted by Gasteiger charge is -2.08. The highest BCUT2D eigenvalue weighted by Crippen LogP contribution is 2.20. The van der Waals surface area contributed by atoms with E-state index in [1.165, 1.54) is 12.1 Å². The highest BCUT2D eigenvalue weighted by atomic mass is 19.1. The van der Waals surface area contributed by atoms with Crippen LogP contribution in [-0.2, 0) is 7.05 Å². The van der Waals surface area contributed by atoms with Crippen molar-refractivity contribution in [3.05, 3.63) is 41.8 Å². The topological polar surface area (TPSA) is 67.2 Å². The number of aliphatic hydroxyl groups excluding tert-OH is 1. The van der Waals surface area contributed by atoms with Crippen molar-refractivity contribution in [2.24, 2.45) is 7.05 Å². The first-order valence-corrected chi connectivity index (χ1v) is 6.23. The number of aliphatic hydroxyl groups is 1. The number of halogens is 1. The number of benzene rings is 1. The van der Waals surface area contributed by atoms with Gasteiger partial charge in [-0.15, -0.1) is 0 Å². The molecule has 2 aromatic rings. The molecule has 0 spiro atoms. The van der Waals surface area contributed by atoms with Crippen molar-refractivity contribution in [3.63, 3.8) is 0 Å². The van der Waals surface area contributed by atoms with Crippen LogP contribution in [0.15, 0.2) is 30.3 Å². The number of amides is 1. The molecular weight excluding hydrogens is 261 g/mol. The number of carbonyl (C=O) groups is 1. The van der Waals surface area contributed by atoms with Gasteiger partial charge in [-0.2, -0.15) is 5.10 Å². The van der Waals surface area contributed by atoms with E-state index >= 15 is 0 Å². The van der Waals surface area contributed by atoms with Gasteiger partial charge in [-0.3, -0.25) is 9.48 Å². The van der Waals surface area contributed by atoms with Crippen molar-refractivity contribution >= 4 is 5.91 Å². The summed E-state index contributed by atoms with van der Waals surface area (Å²) in [4.78, 5) is 11.9. The first-order valence-electron chi connectivity index (χ1n) is 6.23. The molecule has 1 aromatic carbocycles. The fourth-order valence-electron chi connectivity index (χ4n) is 1.81. The van der Waals surface area contributed by atoms with Crippen LogP contribution in [0.4, 0.5) is 4.39 Å². The van der Waals surface area contributed by atoms with E-state index in [-0.39, 0.29) is 30.1 Å². The van der Waals surface area contributed by atoms with E-state index in [1.807, 2.05) is 0 Å². The Balaban J connectivity index is 2.25. The molecule has 0 unspecified atom stereocenters. The predicted octanol–water partition coefficient (Wildman–Crippen LogP) is 1.34. The second kappa shape index (κ2) is 5.83.